The summed E-state index contributed by atoms with van der Waals surface area (Å²) in [4.78, 5) is 29.1. The van der Waals surface area contributed by atoms with E-state index in [1.807, 2.05) is 12.1 Å². The van der Waals surface area contributed by atoms with Gasteiger partial charge in [-0.25, -0.2) is 0 Å². The molecule has 9 heteroatoms. The van der Waals surface area contributed by atoms with Crippen LogP contribution in [0.3, 0.4) is 0 Å². The Morgan fingerprint density at radius 2 is 2.07 bits per heavy atom. The van der Waals surface area contributed by atoms with Crippen molar-refractivity contribution in [2.75, 3.05) is 6.54 Å². The van der Waals surface area contributed by atoms with Crippen molar-refractivity contribution in [3.63, 3.8) is 0 Å². The Labute approximate surface area is 176 Å². The third-order valence-corrected chi connectivity index (χ3v) is 5.10. The number of rotatable bonds is 5. The van der Waals surface area contributed by atoms with Crippen LogP contribution in [0, 0.1) is 10.1 Å². The van der Waals surface area contributed by atoms with E-state index in [0.717, 1.165) is 18.4 Å². The van der Waals surface area contributed by atoms with E-state index < -0.39 is 4.92 Å². The van der Waals surface area contributed by atoms with Crippen molar-refractivity contribution in [2.45, 2.75) is 18.9 Å². The number of benzene rings is 2. The van der Waals surface area contributed by atoms with Crippen molar-refractivity contribution in [2.24, 2.45) is 0 Å². The first-order chi connectivity index (χ1) is 14.5. The van der Waals surface area contributed by atoms with Gasteiger partial charge in [0.25, 0.3) is 5.69 Å². The number of amides is 1. The Kier molecular flexibility index (Phi) is 5.58. The zero-order valence-corrected chi connectivity index (χ0v) is 16.5. The molecule has 1 aromatic heterocycles. The van der Waals surface area contributed by atoms with Gasteiger partial charge < -0.3 is 9.42 Å². The van der Waals surface area contributed by atoms with E-state index in [1.54, 1.807) is 35.2 Å². The first-order valence-electron chi connectivity index (χ1n) is 9.34. The molecule has 0 spiro atoms. The molecule has 4 rings (SSSR count). The van der Waals surface area contributed by atoms with Crippen LogP contribution < -0.4 is 0 Å². The minimum absolute atomic E-state index is 0.00462. The molecule has 0 N–H and O–H groups in total. The summed E-state index contributed by atoms with van der Waals surface area (Å²) in [5.41, 5.74) is 1.45. The number of carbonyl (C=O) groups excluding carboxylic acids is 1. The summed E-state index contributed by atoms with van der Waals surface area (Å²) >= 11 is 6.02. The summed E-state index contributed by atoms with van der Waals surface area (Å²) < 4.78 is 5.44. The molecule has 0 radical (unpaired) electrons. The number of likely N-dealkylation sites (tertiary alicyclic amines) is 1. The monoisotopic (exact) mass is 424 g/mol. The zero-order valence-electron chi connectivity index (χ0n) is 15.8. The fraction of sp³-hybridized carbons (Fsp3) is 0.190. The van der Waals surface area contributed by atoms with Crippen molar-refractivity contribution in [3.05, 3.63) is 81.2 Å². The molecular weight excluding hydrogens is 408 g/mol. The van der Waals surface area contributed by atoms with Crippen molar-refractivity contribution < 1.29 is 14.2 Å². The topological polar surface area (TPSA) is 102 Å². The van der Waals surface area contributed by atoms with Gasteiger partial charge in [-0.1, -0.05) is 28.9 Å². The van der Waals surface area contributed by atoms with E-state index in [1.165, 1.54) is 18.2 Å². The molecule has 3 aromatic rings. The second kappa shape index (κ2) is 8.46. The van der Waals surface area contributed by atoms with Crippen molar-refractivity contribution in [1.82, 2.24) is 15.0 Å². The molecule has 0 bridgehead atoms. The summed E-state index contributed by atoms with van der Waals surface area (Å²) in [5, 5.41) is 15.3. The van der Waals surface area contributed by atoms with E-state index >= 15 is 0 Å². The van der Waals surface area contributed by atoms with E-state index in [0.29, 0.717) is 28.8 Å². The summed E-state index contributed by atoms with van der Waals surface area (Å²) in [6.45, 7) is 0.586. The molecule has 2 heterocycles. The fourth-order valence-electron chi connectivity index (χ4n) is 3.37. The van der Waals surface area contributed by atoms with E-state index in [-0.39, 0.29) is 17.6 Å². The van der Waals surface area contributed by atoms with Crippen LogP contribution in [-0.4, -0.2) is 32.4 Å². The lowest BCUT2D eigenvalue weighted by atomic mass is 10.2. The number of hydrogen-bond acceptors (Lipinski definition) is 6. The molecule has 1 fully saturated rings. The molecule has 8 nitrogen and oxygen atoms in total. The van der Waals surface area contributed by atoms with E-state index in [4.69, 9.17) is 16.1 Å². The van der Waals surface area contributed by atoms with Crippen LogP contribution in [0.1, 0.15) is 30.3 Å². The lowest BCUT2D eigenvalue weighted by Crippen LogP contribution is -2.29. The van der Waals surface area contributed by atoms with Crippen molar-refractivity contribution in [3.8, 4) is 11.4 Å². The van der Waals surface area contributed by atoms with Gasteiger partial charge in [0.2, 0.25) is 17.6 Å². The van der Waals surface area contributed by atoms with Crippen molar-refractivity contribution >= 4 is 29.3 Å². The summed E-state index contributed by atoms with van der Waals surface area (Å²) in [6, 6.07) is 12.9. The quantitative estimate of drug-likeness (QED) is 0.335. The van der Waals surface area contributed by atoms with Crippen LogP contribution in [0.25, 0.3) is 17.5 Å². The second-order valence-corrected chi connectivity index (χ2v) is 7.27. The molecule has 1 aliphatic heterocycles. The SMILES string of the molecule is O=C(/C=C/c1ccc([N+](=O)[O-])cc1)N1CCCC1c1nc(-c2cccc(Cl)c2)no1. The van der Waals surface area contributed by atoms with Gasteiger partial charge in [-0.3, -0.25) is 14.9 Å². The van der Waals surface area contributed by atoms with Crippen LogP contribution in [0.15, 0.2) is 59.1 Å². The largest absolute Gasteiger partial charge is 0.337 e. The minimum atomic E-state index is -0.463. The molecule has 152 valence electrons. The maximum Gasteiger partial charge on any atom is 0.269 e. The third kappa shape index (κ3) is 4.23. The Morgan fingerprint density at radius 3 is 2.80 bits per heavy atom. The minimum Gasteiger partial charge on any atom is -0.337 e. The number of hydrogen-bond donors (Lipinski definition) is 0. The fourth-order valence-corrected chi connectivity index (χ4v) is 3.56. The number of carbonyl (C=O) groups is 1. The Bertz CT molecular complexity index is 1110. The highest BCUT2D eigenvalue weighted by molar-refractivity contribution is 6.30. The highest BCUT2D eigenvalue weighted by Gasteiger charge is 2.33. The Hall–Kier alpha value is -3.52. The standard InChI is InChI=1S/C21H17ClN4O4/c22-16-4-1-3-15(13-16)20-23-21(30-24-20)18-5-2-12-25(18)19(27)11-8-14-6-9-17(10-7-14)26(28)29/h1,3-4,6-11,13,18H,2,5,12H2/b11-8+. The van der Waals surface area contributed by atoms with Crippen molar-refractivity contribution in [1.29, 1.82) is 0 Å². The number of halogens is 1. The molecule has 0 aliphatic carbocycles. The van der Waals surface area contributed by atoms with Gasteiger partial charge >= 0.3 is 0 Å². The first-order valence-corrected chi connectivity index (χ1v) is 9.72. The molecule has 1 unspecified atom stereocenters. The number of nitro groups is 1. The predicted molar refractivity (Wildman–Crippen MR) is 111 cm³/mol. The first kappa shape index (κ1) is 19.8. The Balaban J connectivity index is 1.48. The highest BCUT2D eigenvalue weighted by atomic mass is 35.5. The second-order valence-electron chi connectivity index (χ2n) is 6.84. The normalized spacial score (nSPS) is 16.3. The van der Waals surface area contributed by atoms with Gasteiger partial charge in [0.1, 0.15) is 6.04 Å². The molecule has 1 amide bonds. The van der Waals surface area contributed by atoms with Crippen LogP contribution in [0.5, 0.6) is 0 Å². The van der Waals surface area contributed by atoms with E-state index in [9.17, 15) is 14.9 Å². The maximum absolute atomic E-state index is 12.7. The maximum atomic E-state index is 12.7. The van der Waals surface area contributed by atoms with Crippen LogP contribution in [-0.2, 0) is 4.79 Å². The highest BCUT2D eigenvalue weighted by Crippen LogP contribution is 2.32. The predicted octanol–water partition coefficient (Wildman–Crippen LogP) is 4.68. The smallest absolute Gasteiger partial charge is 0.269 e. The lowest BCUT2D eigenvalue weighted by molar-refractivity contribution is -0.384. The molecule has 1 aliphatic rings. The van der Waals surface area contributed by atoms with Crippen LogP contribution in [0.2, 0.25) is 5.02 Å². The average Bonchev–Trinajstić information content (AvgIpc) is 3.41. The molecule has 30 heavy (non-hydrogen) atoms. The van der Waals surface area contributed by atoms with Gasteiger partial charge in [0.15, 0.2) is 0 Å². The summed E-state index contributed by atoms with van der Waals surface area (Å²) in [7, 11) is 0. The van der Waals surface area contributed by atoms with Crippen LogP contribution in [0.4, 0.5) is 5.69 Å². The van der Waals surface area contributed by atoms with E-state index in [2.05, 4.69) is 10.1 Å². The van der Waals surface area contributed by atoms with Gasteiger partial charge in [0, 0.05) is 35.3 Å². The van der Waals surface area contributed by atoms with Gasteiger partial charge in [-0.2, -0.15) is 4.98 Å². The Morgan fingerprint density at radius 1 is 1.27 bits per heavy atom. The van der Waals surface area contributed by atoms with Gasteiger partial charge in [-0.15, -0.1) is 0 Å². The number of nitrogens with zero attached hydrogens (tertiary/aromatic N) is 4. The van der Waals surface area contributed by atoms with Crippen LogP contribution >= 0.6 is 11.6 Å². The van der Waals surface area contributed by atoms with Gasteiger partial charge in [0.05, 0.1) is 4.92 Å². The molecule has 2 aromatic carbocycles. The average molecular weight is 425 g/mol. The summed E-state index contributed by atoms with van der Waals surface area (Å²) in [5.74, 6) is 0.631. The number of aromatic nitrogens is 2. The number of non-ortho nitro benzene ring substituents is 1. The molecule has 1 atom stereocenters. The zero-order chi connectivity index (χ0) is 21.1. The molecule has 0 saturated carbocycles. The summed E-state index contributed by atoms with van der Waals surface area (Å²) in [6.07, 6.45) is 4.64. The lowest BCUT2D eigenvalue weighted by Gasteiger charge is -2.20. The third-order valence-electron chi connectivity index (χ3n) is 4.87. The molecular formula is C21H17ClN4O4. The number of nitro benzene ring substituents is 1. The van der Waals surface area contributed by atoms with Gasteiger partial charge in [-0.05, 0) is 48.7 Å². The molecule has 1 saturated heterocycles.